The summed E-state index contributed by atoms with van der Waals surface area (Å²) >= 11 is 0. The summed E-state index contributed by atoms with van der Waals surface area (Å²) in [6.45, 7) is 3.26. The van der Waals surface area contributed by atoms with Crippen LogP contribution in [-0.4, -0.2) is 66.3 Å². The van der Waals surface area contributed by atoms with Crippen LogP contribution in [-0.2, 0) is 14.9 Å². The SMILES string of the molecule is CC=C1C[N+]2(C)CCC34c5ccccc5NC32C(O)CC1C4(CO)C(=O)OC. The van der Waals surface area contributed by atoms with Gasteiger partial charge in [0.1, 0.15) is 18.1 Å². The van der Waals surface area contributed by atoms with E-state index < -0.39 is 22.6 Å². The summed E-state index contributed by atoms with van der Waals surface area (Å²) < 4.78 is 5.98. The van der Waals surface area contributed by atoms with Gasteiger partial charge in [-0.15, -0.1) is 0 Å². The Balaban J connectivity index is 1.96. The monoisotopic (exact) mass is 385 g/mol. The topological polar surface area (TPSA) is 78.8 Å². The Labute approximate surface area is 165 Å². The summed E-state index contributed by atoms with van der Waals surface area (Å²) in [5, 5.41) is 26.2. The first-order chi connectivity index (χ1) is 13.4. The van der Waals surface area contributed by atoms with Crippen LogP contribution < -0.4 is 5.32 Å². The van der Waals surface area contributed by atoms with Gasteiger partial charge in [0.15, 0.2) is 0 Å². The largest absolute Gasteiger partial charge is 0.468 e. The van der Waals surface area contributed by atoms with Gasteiger partial charge < -0.3 is 20.3 Å². The highest BCUT2D eigenvalue weighted by Gasteiger charge is 2.88. The van der Waals surface area contributed by atoms with E-state index in [4.69, 9.17) is 4.74 Å². The molecule has 150 valence electrons. The van der Waals surface area contributed by atoms with Gasteiger partial charge in [-0.05, 0) is 30.5 Å². The lowest BCUT2D eigenvalue weighted by Crippen LogP contribution is -2.78. The van der Waals surface area contributed by atoms with Crippen molar-refractivity contribution < 1.29 is 24.2 Å². The molecule has 4 fully saturated rings. The number of aliphatic hydroxyl groups is 2. The van der Waals surface area contributed by atoms with Crippen molar-refractivity contribution in [3.63, 3.8) is 0 Å². The zero-order valence-electron chi connectivity index (χ0n) is 16.7. The fourth-order valence-electron chi connectivity index (χ4n) is 7.70. The molecule has 1 saturated carbocycles. The zero-order valence-corrected chi connectivity index (χ0v) is 16.7. The maximum absolute atomic E-state index is 13.5. The van der Waals surface area contributed by atoms with Gasteiger partial charge in [-0.2, -0.15) is 0 Å². The third-order valence-corrected chi connectivity index (χ3v) is 8.64. The summed E-state index contributed by atoms with van der Waals surface area (Å²) in [7, 11) is 3.59. The molecule has 3 N–H and O–H groups in total. The molecule has 0 amide bonds. The number of para-hydroxylation sites is 1. The zero-order chi connectivity index (χ0) is 19.9. The van der Waals surface area contributed by atoms with Gasteiger partial charge in [0.05, 0.1) is 32.7 Å². The van der Waals surface area contributed by atoms with E-state index in [0.29, 0.717) is 17.3 Å². The third-order valence-electron chi connectivity index (χ3n) is 8.64. The number of hydrogen-bond donors (Lipinski definition) is 3. The van der Waals surface area contributed by atoms with E-state index in [-0.39, 0.29) is 18.5 Å². The smallest absolute Gasteiger partial charge is 0.316 e. The number of likely N-dealkylation sites (N-methyl/N-ethyl adjacent to an activating group) is 1. The van der Waals surface area contributed by atoms with Crippen LogP contribution in [0.5, 0.6) is 0 Å². The van der Waals surface area contributed by atoms with Crippen molar-refractivity contribution in [1.82, 2.24) is 0 Å². The van der Waals surface area contributed by atoms with Gasteiger partial charge in [-0.3, -0.25) is 9.28 Å². The van der Waals surface area contributed by atoms with Crippen LogP contribution in [0.3, 0.4) is 0 Å². The van der Waals surface area contributed by atoms with Gasteiger partial charge in [-0.1, -0.05) is 24.3 Å². The number of fused-ring (bicyclic) bond motifs is 3. The number of carbonyl (C=O) groups is 1. The van der Waals surface area contributed by atoms with Crippen molar-refractivity contribution >= 4 is 11.7 Å². The maximum Gasteiger partial charge on any atom is 0.316 e. The van der Waals surface area contributed by atoms with Crippen molar-refractivity contribution in [2.75, 3.05) is 39.2 Å². The Bertz CT molecular complexity index is 900. The summed E-state index contributed by atoms with van der Waals surface area (Å²) in [5.41, 5.74) is 0.476. The predicted octanol–water partition coefficient (Wildman–Crippen LogP) is 1.39. The lowest BCUT2D eigenvalue weighted by atomic mass is 9.45. The molecule has 6 unspecified atom stereocenters. The number of methoxy groups -OCH3 is 1. The molecule has 4 bridgehead atoms. The molecule has 1 aromatic rings. The second kappa shape index (κ2) is 5.38. The minimum atomic E-state index is -1.13. The number of allylic oxidation sites excluding steroid dienone is 1. The molecule has 6 heteroatoms. The molecule has 0 radical (unpaired) electrons. The number of anilines is 1. The van der Waals surface area contributed by atoms with E-state index in [0.717, 1.165) is 29.9 Å². The number of ether oxygens (including phenoxy) is 1. The molecule has 0 aromatic heterocycles. The van der Waals surface area contributed by atoms with Gasteiger partial charge in [0, 0.05) is 18.0 Å². The fourth-order valence-corrected chi connectivity index (χ4v) is 7.70. The molecule has 5 aliphatic rings. The summed E-state index contributed by atoms with van der Waals surface area (Å²) in [6.07, 6.45) is 2.59. The molecule has 1 aliphatic carbocycles. The number of nitrogens with zero attached hydrogens (tertiary/aromatic N) is 1. The lowest BCUT2D eigenvalue weighted by molar-refractivity contribution is -0.944. The molecule has 6 nitrogen and oxygen atoms in total. The molecular weight excluding hydrogens is 356 g/mol. The predicted molar refractivity (Wildman–Crippen MR) is 104 cm³/mol. The fraction of sp³-hybridized carbons (Fsp3) is 0.591. The van der Waals surface area contributed by atoms with Gasteiger partial charge in [0.25, 0.3) is 0 Å². The minimum Gasteiger partial charge on any atom is -0.468 e. The van der Waals surface area contributed by atoms with Crippen LogP contribution in [0.15, 0.2) is 35.9 Å². The molecule has 1 aromatic carbocycles. The molecule has 3 saturated heterocycles. The Morgan fingerprint density at radius 2 is 2.18 bits per heavy atom. The van der Waals surface area contributed by atoms with Crippen LogP contribution in [0.25, 0.3) is 0 Å². The average molecular weight is 385 g/mol. The van der Waals surface area contributed by atoms with E-state index >= 15 is 0 Å². The van der Waals surface area contributed by atoms with Crippen molar-refractivity contribution in [3.05, 3.63) is 41.5 Å². The Morgan fingerprint density at radius 1 is 1.43 bits per heavy atom. The molecule has 6 rings (SSSR count). The molecule has 1 spiro atoms. The van der Waals surface area contributed by atoms with Crippen LogP contribution >= 0.6 is 0 Å². The van der Waals surface area contributed by atoms with Crippen molar-refractivity contribution in [3.8, 4) is 0 Å². The Morgan fingerprint density at radius 3 is 2.86 bits per heavy atom. The van der Waals surface area contributed by atoms with E-state index in [1.165, 1.54) is 7.11 Å². The number of nitrogens with one attached hydrogen (secondary N) is 1. The summed E-state index contributed by atoms with van der Waals surface area (Å²) in [6, 6.07) is 8.04. The molecule has 28 heavy (non-hydrogen) atoms. The van der Waals surface area contributed by atoms with Gasteiger partial charge >= 0.3 is 5.97 Å². The highest BCUT2D eigenvalue weighted by molar-refractivity contribution is 5.85. The number of hydrogen-bond acceptors (Lipinski definition) is 5. The van der Waals surface area contributed by atoms with E-state index in [1.54, 1.807) is 0 Å². The number of aliphatic hydroxyl groups excluding tert-OH is 2. The van der Waals surface area contributed by atoms with E-state index in [1.807, 2.05) is 25.1 Å². The number of esters is 1. The molecule has 4 aliphatic heterocycles. The highest BCUT2D eigenvalue weighted by atomic mass is 16.5. The second-order valence-corrected chi connectivity index (χ2v) is 9.16. The van der Waals surface area contributed by atoms with Crippen molar-refractivity contribution in [2.45, 2.75) is 36.9 Å². The van der Waals surface area contributed by atoms with Crippen molar-refractivity contribution in [1.29, 1.82) is 0 Å². The minimum absolute atomic E-state index is 0.258. The molecular formula is C22H29N2O4+. The number of quaternary nitrogens is 1. The first kappa shape index (κ1) is 18.2. The number of benzene rings is 1. The van der Waals surface area contributed by atoms with Crippen molar-refractivity contribution in [2.24, 2.45) is 11.3 Å². The average Bonchev–Trinajstić information content (AvgIpc) is 3.12. The Hall–Kier alpha value is -1.89. The quantitative estimate of drug-likeness (QED) is 0.407. The van der Waals surface area contributed by atoms with Crippen LogP contribution in [0, 0.1) is 11.3 Å². The highest BCUT2D eigenvalue weighted by Crippen LogP contribution is 2.74. The molecule has 6 atom stereocenters. The van der Waals surface area contributed by atoms with Gasteiger partial charge in [0.2, 0.25) is 5.66 Å². The van der Waals surface area contributed by atoms with E-state index in [2.05, 4.69) is 24.5 Å². The first-order valence-corrected chi connectivity index (χ1v) is 10.1. The maximum atomic E-state index is 13.5. The molecule has 4 heterocycles. The third kappa shape index (κ3) is 1.52. The Kier molecular flexibility index (Phi) is 3.49. The second-order valence-electron chi connectivity index (χ2n) is 9.16. The standard InChI is InChI=1S/C22H29N2O4/c1-4-14-12-24(2)10-9-21-15-7-5-6-8-17(15)23-22(21,24)18(26)11-16(14)20(21,13-25)19(27)28-3/h4-8,16,18,23,25-26H,9-13H2,1-3H3/q+1. The van der Waals surface area contributed by atoms with Crippen LogP contribution in [0.2, 0.25) is 0 Å². The van der Waals surface area contributed by atoms with E-state index in [9.17, 15) is 15.0 Å². The normalized spacial score (nSPS) is 46.7. The number of carbonyl (C=O) groups excluding carboxylic acids is 1. The summed E-state index contributed by atoms with van der Waals surface area (Å²) in [5.74, 6) is -0.629. The van der Waals surface area contributed by atoms with Crippen LogP contribution in [0.1, 0.15) is 25.3 Å². The van der Waals surface area contributed by atoms with Crippen LogP contribution in [0.4, 0.5) is 5.69 Å². The first-order valence-electron chi connectivity index (χ1n) is 10.1. The number of rotatable bonds is 2. The van der Waals surface area contributed by atoms with Gasteiger partial charge in [-0.25, -0.2) is 0 Å². The lowest BCUT2D eigenvalue weighted by Gasteiger charge is -2.58. The summed E-state index contributed by atoms with van der Waals surface area (Å²) in [4.78, 5) is 13.5.